The van der Waals surface area contributed by atoms with E-state index >= 15 is 0 Å². The van der Waals surface area contributed by atoms with Crippen molar-refractivity contribution in [2.45, 2.75) is 12.8 Å². The first kappa shape index (κ1) is 17.7. The zero-order valence-electron chi connectivity index (χ0n) is 12.0. The Labute approximate surface area is 127 Å². The number of likely N-dealkylation sites (tertiary alicyclic amines) is 1. The monoisotopic (exact) mass is 325 g/mol. The molecule has 20 heavy (non-hydrogen) atoms. The van der Waals surface area contributed by atoms with Crippen molar-refractivity contribution in [2.24, 2.45) is 11.8 Å². The summed E-state index contributed by atoms with van der Waals surface area (Å²) in [5, 5.41) is 3.40. The van der Waals surface area contributed by atoms with Crippen LogP contribution in [0.4, 0.5) is 0 Å². The van der Waals surface area contributed by atoms with Gasteiger partial charge in [0.1, 0.15) is 0 Å². The van der Waals surface area contributed by atoms with Crippen LogP contribution in [-0.4, -0.2) is 69.6 Å². The lowest BCUT2D eigenvalue weighted by Crippen LogP contribution is -2.41. The fourth-order valence-corrected chi connectivity index (χ4v) is 3.22. The first-order valence-electron chi connectivity index (χ1n) is 6.77. The maximum atomic E-state index is 12.1. The second-order valence-corrected chi connectivity index (χ2v) is 7.74. The summed E-state index contributed by atoms with van der Waals surface area (Å²) in [7, 11) is -1.84. The molecule has 2 aliphatic heterocycles. The molecule has 0 bridgehead atoms. The molecule has 1 N–H and O–H groups in total. The molecular weight excluding hydrogens is 302 g/mol. The van der Waals surface area contributed by atoms with Gasteiger partial charge in [-0.3, -0.25) is 4.79 Å². The van der Waals surface area contributed by atoms with Gasteiger partial charge in [0.25, 0.3) is 0 Å². The van der Waals surface area contributed by atoms with Crippen LogP contribution in [0.25, 0.3) is 0 Å². The number of nitrogens with zero attached hydrogens (tertiary/aromatic N) is 2. The van der Waals surface area contributed by atoms with E-state index in [9.17, 15) is 13.2 Å². The Morgan fingerprint density at radius 1 is 1.25 bits per heavy atom. The van der Waals surface area contributed by atoms with Crippen LogP contribution in [0.3, 0.4) is 0 Å². The van der Waals surface area contributed by atoms with E-state index < -0.39 is 10.0 Å². The van der Waals surface area contributed by atoms with Crippen molar-refractivity contribution >= 4 is 28.3 Å². The van der Waals surface area contributed by atoms with Gasteiger partial charge in [-0.05, 0) is 37.8 Å². The summed E-state index contributed by atoms with van der Waals surface area (Å²) in [6.07, 6.45) is 3.16. The van der Waals surface area contributed by atoms with E-state index in [2.05, 4.69) is 5.32 Å². The molecular formula is C12H24ClN3O3S. The lowest BCUT2D eigenvalue weighted by atomic mass is 9.92. The number of carbonyl (C=O) groups excluding carboxylic acids is 1. The van der Waals surface area contributed by atoms with Crippen LogP contribution in [0.1, 0.15) is 12.8 Å². The Hall–Kier alpha value is -0.370. The van der Waals surface area contributed by atoms with Gasteiger partial charge in [0.2, 0.25) is 15.9 Å². The molecule has 0 aromatic heterocycles. The van der Waals surface area contributed by atoms with Gasteiger partial charge < -0.3 is 10.2 Å². The van der Waals surface area contributed by atoms with E-state index in [4.69, 9.17) is 0 Å². The van der Waals surface area contributed by atoms with Crippen molar-refractivity contribution in [1.82, 2.24) is 14.5 Å². The van der Waals surface area contributed by atoms with Crippen LogP contribution in [0.5, 0.6) is 0 Å². The number of nitrogens with one attached hydrogen (secondary N) is 1. The fraction of sp³-hybridized carbons (Fsp3) is 0.917. The van der Waals surface area contributed by atoms with Gasteiger partial charge in [-0.25, -0.2) is 8.42 Å². The standard InChI is InChI=1S/C12H23N3O3S.ClH/c1-14(19(2,17)18)9-12(16)15-5-3-10-7-13-8-11(10)4-6-15;/h10-11,13H,3-9H2,1-2H3;1H/t10-,11+;. The Morgan fingerprint density at radius 3 is 2.20 bits per heavy atom. The third kappa shape index (κ3) is 4.31. The van der Waals surface area contributed by atoms with E-state index in [1.165, 1.54) is 7.05 Å². The highest BCUT2D eigenvalue weighted by atomic mass is 35.5. The maximum absolute atomic E-state index is 12.1. The normalized spacial score (nSPS) is 26.9. The summed E-state index contributed by atoms with van der Waals surface area (Å²) in [4.78, 5) is 14.0. The molecule has 0 aromatic carbocycles. The molecule has 0 spiro atoms. The largest absolute Gasteiger partial charge is 0.342 e. The number of hydrogen-bond acceptors (Lipinski definition) is 4. The van der Waals surface area contributed by atoms with Gasteiger partial charge in [-0.2, -0.15) is 4.31 Å². The topological polar surface area (TPSA) is 69.7 Å². The maximum Gasteiger partial charge on any atom is 0.237 e. The van der Waals surface area contributed by atoms with Gasteiger partial charge in [0, 0.05) is 20.1 Å². The molecule has 6 nitrogen and oxygen atoms in total. The van der Waals surface area contributed by atoms with Crippen LogP contribution in [0.2, 0.25) is 0 Å². The number of sulfonamides is 1. The summed E-state index contributed by atoms with van der Waals surface area (Å²) in [5.41, 5.74) is 0. The average molecular weight is 326 g/mol. The summed E-state index contributed by atoms with van der Waals surface area (Å²) < 4.78 is 23.8. The van der Waals surface area contributed by atoms with Crippen molar-refractivity contribution in [3.63, 3.8) is 0 Å². The second-order valence-electron chi connectivity index (χ2n) is 5.66. The Bertz CT molecular complexity index is 429. The Balaban J connectivity index is 0.00000200. The molecule has 2 rings (SSSR count). The zero-order chi connectivity index (χ0) is 14.0. The lowest BCUT2D eigenvalue weighted by molar-refractivity contribution is -0.131. The zero-order valence-corrected chi connectivity index (χ0v) is 13.7. The molecule has 118 valence electrons. The first-order valence-corrected chi connectivity index (χ1v) is 8.62. The lowest BCUT2D eigenvalue weighted by Gasteiger charge is -2.23. The van der Waals surface area contributed by atoms with Crippen molar-refractivity contribution in [3.05, 3.63) is 0 Å². The van der Waals surface area contributed by atoms with Crippen molar-refractivity contribution in [3.8, 4) is 0 Å². The Morgan fingerprint density at radius 2 is 1.75 bits per heavy atom. The molecule has 0 aliphatic carbocycles. The van der Waals surface area contributed by atoms with E-state index in [1.54, 1.807) is 0 Å². The van der Waals surface area contributed by atoms with Gasteiger partial charge in [-0.15, -0.1) is 12.4 Å². The van der Waals surface area contributed by atoms with Crippen molar-refractivity contribution in [2.75, 3.05) is 46.0 Å². The smallest absolute Gasteiger partial charge is 0.237 e. The van der Waals surface area contributed by atoms with Crippen molar-refractivity contribution < 1.29 is 13.2 Å². The quantitative estimate of drug-likeness (QED) is 0.777. The molecule has 2 fully saturated rings. The molecule has 0 unspecified atom stereocenters. The Kier molecular flexibility index (Phi) is 6.25. The third-order valence-corrected chi connectivity index (χ3v) is 5.56. The number of hydrogen-bond donors (Lipinski definition) is 1. The molecule has 0 saturated carbocycles. The van der Waals surface area contributed by atoms with Crippen molar-refractivity contribution in [1.29, 1.82) is 0 Å². The minimum absolute atomic E-state index is 0. The number of likely N-dealkylation sites (N-methyl/N-ethyl adjacent to an activating group) is 1. The van der Waals surface area contributed by atoms with E-state index in [0.717, 1.165) is 49.6 Å². The number of halogens is 1. The summed E-state index contributed by atoms with van der Waals surface area (Å²) >= 11 is 0. The van der Waals surface area contributed by atoms with Crippen LogP contribution >= 0.6 is 12.4 Å². The van der Waals surface area contributed by atoms with Crippen LogP contribution in [0, 0.1) is 11.8 Å². The predicted octanol–water partition coefficient (Wildman–Crippen LogP) is -0.242. The van der Waals surface area contributed by atoms with E-state index in [-0.39, 0.29) is 24.9 Å². The first-order chi connectivity index (χ1) is 8.88. The van der Waals surface area contributed by atoms with E-state index in [1.807, 2.05) is 4.90 Å². The van der Waals surface area contributed by atoms with E-state index in [0.29, 0.717) is 11.8 Å². The molecule has 0 aromatic rings. The van der Waals surface area contributed by atoms with Gasteiger partial charge in [-0.1, -0.05) is 0 Å². The second kappa shape index (κ2) is 7.06. The summed E-state index contributed by atoms with van der Waals surface area (Å²) in [6.45, 7) is 3.55. The molecule has 2 atom stereocenters. The molecule has 8 heteroatoms. The fourth-order valence-electron chi connectivity index (χ4n) is 2.88. The summed E-state index contributed by atoms with van der Waals surface area (Å²) in [5.74, 6) is 1.26. The van der Waals surface area contributed by atoms with Gasteiger partial charge in [0.15, 0.2) is 0 Å². The highest BCUT2D eigenvalue weighted by molar-refractivity contribution is 7.88. The number of fused-ring (bicyclic) bond motifs is 1. The van der Waals surface area contributed by atoms with Gasteiger partial charge >= 0.3 is 0 Å². The average Bonchev–Trinajstić information content (AvgIpc) is 2.66. The highest BCUT2D eigenvalue weighted by Crippen LogP contribution is 2.27. The number of carbonyl (C=O) groups is 1. The molecule has 0 radical (unpaired) electrons. The van der Waals surface area contributed by atoms with Gasteiger partial charge in [0.05, 0.1) is 12.8 Å². The predicted molar refractivity (Wildman–Crippen MR) is 80.4 cm³/mol. The molecule has 1 amide bonds. The molecule has 2 saturated heterocycles. The minimum Gasteiger partial charge on any atom is -0.342 e. The van der Waals surface area contributed by atoms with Crippen LogP contribution in [0.15, 0.2) is 0 Å². The summed E-state index contributed by atoms with van der Waals surface area (Å²) in [6, 6.07) is 0. The molecule has 2 heterocycles. The SMILES string of the molecule is CN(CC(=O)N1CC[C@@H]2CNC[C@@H]2CC1)S(C)(=O)=O.Cl. The van der Waals surface area contributed by atoms with Crippen LogP contribution < -0.4 is 5.32 Å². The minimum atomic E-state index is -3.28. The van der Waals surface area contributed by atoms with Crippen LogP contribution in [-0.2, 0) is 14.8 Å². The third-order valence-electron chi connectivity index (χ3n) is 4.30. The number of amides is 1. The number of rotatable bonds is 3. The highest BCUT2D eigenvalue weighted by Gasteiger charge is 2.31. The molecule has 2 aliphatic rings.